The molecular formula is C20H25ClN6O. The van der Waals surface area contributed by atoms with Crippen molar-refractivity contribution in [2.45, 2.75) is 39.7 Å². The van der Waals surface area contributed by atoms with Crippen LogP contribution in [0.4, 0.5) is 5.82 Å². The van der Waals surface area contributed by atoms with Gasteiger partial charge in [-0.25, -0.2) is 14.6 Å². The lowest BCUT2D eigenvalue weighted by Crippen LogP contribution is -2.40. The first kappa shape index (κ1) is 19.0. The van der Waals surface area contributed by atoms with Gasteiger partial charge in [0.15, 0.2) is 5.65 Å². The van der Waals surface area contributed by atoms with Crippen molar-refractivity contribution in [3.8, 4) is 5.75 Å². The first-order valence-corrected chi connectivity index (χ1v) is 9.93. The first-order chi connectivity index (χ1) is 13.4. The summed E-state index contributed by atoms with van der Waals surface area (Å²) in [7, 11) is 0. The van der Waals surface area contributed by atoms with Gasteiger partial charge in [-0.2, -0.15) is 5.10 Å². The molecule has 1 fully saturated rings. The molecule has 3 heterocycles. The Labute approximate surface area is 169 Å². The highest BCUT2D eigenvalue weighted by Crippen LogP contribution is 2.42. The second-order valence-electron chi connectivity index (χ2n) is 7.27. The van der Waals surface area contributed by atoms with Crippen LogP contribution in [0.15, 0.2) is 12.4 Å². The molecule has 3 N–H and O–H groups in total. The van der Waals surface area contributed by atoms with Gasteiger partial charge in [0.25, 0.3) is 0 Å². The molecule has 4 rings (SSSR count). The minimum atomic E-state index is -0.128. The van der Waals surface area contributed by atoms with Crippen molar-refractivity contribution in [2.24, 2.45) is 0 Å². The van der Waals surface area contributed by atoms with E-state index < -0.39 is 0 Å². The van der Waals surface area contributed by atoms with Crippen molar-refractivity contribution >= 4 is 28.5 Å². The Morgan fingerprint density at radius 3 is 2.75 bits per heavy atom. The van der Waals surface area contributed by atoms with Crippen molar-refractivity contribution < 1.29 is 4.74 Å². The van der Waals surface area contributed by atoms with E-state index in [1.54, 1.807) is 0 Å². The van der Waals surface area contributed by atoms with E-state index >= 15 is 0 Å². The number of nitrogens with zero attached hydrogens (tertiary/aromatic N) is 4. The Balaban J connectivity index is 1.91. The summed E-state index contributed by atoms with van der Waals surface area (Å²) in [6, 6.07) is 1.87. The minimum absolute atomic E-state index is 0.128. The van der Waals surface area contributed by atoms with E-state index in [1.165, 1.54) is 11.9 Å². The summed E-state index contributed by atoms with van der Waals surface area (Å²) in [6.45, 7) is 10.5. The third kappa shape index (κ3) is 2.89. The van der Waals surface area contributed by atoms with Crippen LogP contribution in [0.1, 0.15) is 48.2 Å². The highest BCUT2D eigenvalue weighted by molar-refractivity contribution is 6.31. The predicted octanol–water partition coefficient (Wildman–Crippen LogP) is 3.37. The van der Waals surface area contributed by atoms with Gasteiger partial charge in [-0.1, -0.05) is 11.6 Å². The molecule has 0 aliphatic carbocycles. The molecule has 1 atom stereocenters. The van der Waals surface area contributed by atoms with E-state index in [4.69, 9.17) is 27.2 Å². The zero-order chi connectivity index (χ0) is 20.0. The van der Waals surface area contributed by atoms with Crippen molar-refractivity contribution in [2.75, 3.05) is 25.4 Å². The number of ether oxygens (including phenoxy) is 1. The number of anilines is 1. The van der Waals surface area contributed by atoms with E-state index in [0.29, 0.717) is 24.0 Å². The molecule has 8 heteroatoms. The van der Waals surface area contributed by atoms with Gasteiger partial charge in [-0.15, -0.1) is 0 Å². The standard InChI is InChI=1S/C20H25ClN6O/c1-5-28-18-14(6-15(21)10(2)16(18)13-7-23-8-13)12(4)27-20-17(11(3)26-27)19(22)24-9-25-20/h6,9,12-13,23H,5,7-8H2,1-4H3,(H2,22,24,25). The summed E-state index contributed by atoms with van der Waals surface area (Å²) in [6.07, 6.45) is 1.47. The van der Waals surface area contributed by atoms with Crippen molar-refractivity contribution in [1.82, 2.24) is 25.1 Å². The Kier molecular flexibility index (Phi) is 4.89. The number of aryl methyl sites for hydroxylation is 1. The molecule has 1 saturated heterocycles. The van der Waals surface area contributed by atoms with E-state index in [0.717, 1.165) is 46.1 Å². The maximum Gasteiger partial charge on any atom is 0.164 e. The summed E-state index contributed by atoms with van der Waals surface area (Å²) >= 11 is 6.65. The zero-order valence-electron chi connectivity index (χ0n) is 16.6. The molecule has 1 aromatic carbocycles. The highest BCUT2D eigenvalue weighted by Gasteiger charge is 2.30. The molecule has 0 radical (unpaired) electrons. The summed E-state index contributed by atoms with van der Waals surface area (Å²) in [5, 5.41) is 9.59. The van der Waals surface area contributed by atoms with Crippen LogP contribution < -0.4 is 15.8 Å². The topological polar surface area (TPSA) is 90.9 Å². The highest BCUT2D eigenvalue weighted by atomic mass is 35.5. The predicted molar refractivity (Wildman–Crippen MR) is 111 cm³/mol. The fourth-order valence-corrected chi connectivity index (χ4v) is 4.16. The molecule has 0 bridgehead atoms. The third-order valence-corrected chi connectivity index (χ3v) is 5.93. The molecule has 0 spiro atoms. The van der Waals surface area contributed by atoms with Gasteiger partial charge in [-0.05, 0) is 39.3 Å². The molecule has 3 aromatic rings. The summed E-state index contributed by atoms with van der Waals surface area (Å²) < 4.78 is 8.05. The smallest absolute Gasteiger partial charge is 0.164 e. The fourth-order valence-electron chi connectivity index (χ4n) is 3.94. The second kappa shape index (κ2) is 7.22. The number of hydrogen-bond donors (Lipinski definition) is 2. The largest absolute Gasteiger partial charge is 0.493 e. The van der Waals surface area contributed by atoms with Gasteiger partial charge in [0.05, 0.1) is 23.7 Å². The van der Waals surface area contributed by atoms with Crippen molar-refractivity contribution in [1.29, 1.82) is 0 Å². The lowest BCUT2D eigenvalue weighted by molar-refractivity contribution is 0.319. The summed E-state index contributed by atoms with van der Waals surface area (Å²) in [5.74, 6) is 1.75. The number of halogens is 1. The van der Waals surface area contributed by atoms with Crippen LogP contribution in [0.25, 0.3) is 11.0 Å². The van der Waals surface area contributed by atoms with Crippen LogP contribution in [0.3, 0.4) is 0 Å². The number of hydrogen-bond acceptors (Lipinski definition) is 6. The van der Waals surface area contributed by atoms with E-state index in [9.17, 15) is 0 Å². The van der Waals surface area contributed by atoms with Crippen LogP contribution >= 0.6 is 11.6 Å². The third-order valence-electron chi connectivity index (χ3n) is 5.54. The minimum Gasteiger partial charge on any atom is -0.493 e. The van der Waals surface area contributed by atoms with Gasteiger partial charge in [0, 0.05) is 35.2 Å². The Hall–Kier alpha value is -2.38. The van der Waals surface area contributed by atoms with Crippen molar-refractivity contribution in [3.05, 3.63) is 39.8 Å². The molecule has 1 unspecified atom stereocenters. The summed E-state index contributed by atoms with van der Waals surface area (Å²) in [4.78, 5) is 8.54. The molecular weight excluding hydrogens is 376 g/mol. The number of nitrogen functional groups attached to an aromatic ring is 1. The van der Waals surface area contributed by atoms with E-state index in [1.807, 2.05) is 24.6 Å². The maximum absolute atomic E-state index is 6.65. The normalized spacial score (nSPS) is 15.6. The zero-order valence-corrected chi connectivity index (χ0v) is 17.3. The molecule has 1 aliphatic rings. The first-order valence-electron chi connectivity index (χ1n) is 9.55. The number of fused-ring (bicyclic) bond motifs is 1. The molecule has 7 nitrogen and oxygen atoms in total. The van der Waals surface area contributed by atoms with Gasteiger partial charge in [0.2, 0.25) is 0 Å². The van der Waals surface area contributed by atoms with Crippen LogP contribution in [-0.4, -0.2) is 39.4 Å². The number of nitrogens with one attached hydrogen (secondary N) is 1. The number of benzene rings is 1. The van der Waals surface area contributed by atoms with E-state index in [2.05, 4.69) is 29.1 Å². The molecule has 0 amide bonds. The number of nitrogens with two attached hydrogens (primary N) is 1. The second-order valence-corrected chi connectivity index (χ2v) is 7.67. The van der Waals surface area contributed by atoms with Crippen LogP contribution in [0, 0.1) is 13.8 Å². The van der Waals surface area contributed by atoms with Gasteiger partial charge < -0.3 is 15.8 Å². The lowest BCUT2D eigenvalue weighted by Gasteiger charge is -2.32. The number of aromatic nitrogens is 4. The van der Waals surface area contributed by atoms with Crippen molar-refractivity contribution in [3.63, 3.8) is 0 Å². The quantitative estimate of drug-likeness (QED) is 0.682. The Bertz CT molecular complexity index is 1040. The monoisotopic (exact) mass is 400 g/mol. The molecule has 148 valence electrons. The molecule has 2 aromatic heterocycles. The average Bonchev–Trinajstić information content (AvgIpc) is 2.97. The summed E-state index contributed by atoms with van der Waals surface area (Å²) in [5.41, 5.74) is 10.9. The molecule has 28 heavy (non-hydrogen) atoms. The number of rotatable bonds is 5. The van der Waals surface area contributed by atoms with Crippen LogP contribution in [-0.2, 0) is 0 Å². The van der Waals surface area contributed by atoms with Crippen LogP contribution in [0.5, 0.6) is 5.75 Å². The molecule has 1 aliphatic heterocycles. The van der Waals surface area contributed by atoms with E-state index in [-0.39, 0.29) is 6.04 Å². The van der Waals surface area contributed by atoms with Gasteiger partial charge in [-0.3, -0.25) is 0 Å². The SMILES string of the molecule is CCOc1c(C(C)n2nc(C)c3c(N)ncnc32)cc(Cl)c(C)c1C1CNC1. The Morgan fingerprint density at radius 2 is 2.11 bits per heavy atom. The fraction of sp³-hybridized carbons (Fsp3) is 0.450. The maximum atomic E-state index is 6.65. The average molecular weight is 401 g/mol. The van der Waals surface area contributed by atoms with Gasteiger partial charge in [0.1, 0.15) is 17.9 Å². The van der Waals surface area contributed by atoms with Crippen LogP contribution in [0.2, 0.25) is 5.02 Å². The van der Waals surface area contributed by atoms with Gasteiger partial charge >= 0.3 is 0 Å². The Morgan fingerprint density at radius 1 is 1.36 bits per heavy atom. The molecule has 0 saturated carbocycles. The lowest BCUT2D eigenvalue weighted by atomic mass is 9.86.